The lowest BCUT2D eigenvalue weighted by molar-refractivity contribution is 0.0900. The Hall–Kier alpha value is -1.53. The van der Waals surface area contributed by atoms with E-state index in [0.29, 0.717) is 12.0 Å². The molecule has 18 heavy (non-hydrogen) atoms. The number of hydrogen-bond acceptors (Lipinski definition) is 3. The summed E-state index contributed by atoms with van der Waals surface area (Å²) in [6, 6.07) is 8.07. The van der Waals surface area contributed by atoms with E-state index in [1.54, 1.807) is 0 Å². The molecule has 1 aromatic rings. The van der Waals surface area contributed by atoms with Crippen molar-refractivity contribution in [2.75, 3.05) is 18.5 Å². The quantitative estimate of drug-likeness (QED) is 0.885. The van der Waals surface area contributed by atoms with Gasteiger partial charge in [0, 0.05) is 24.8 Å². The molecule has 1 aromatic carbocycles. The van der Waals surface area contributed by atoms with E-state index in [2.05, 4.69) is 18.3 Å². The van der Waals surface area contributed by atoms with Gasteiger partial charge in [0.05, 0.1) is 17.7 Å². The lowest BCUT2D eigenvalue weighted by Crippen LogP contribution is -2.22. The lowest BCUT2D eigenvalue weighted by atomic mass is 9.99. The Morgan fingerprint density at radius 1 is 1.50 bits per heavy atom. The van der Waals surface area contributed by atoms with Crippen LogP contribution < -0.4 is 5.32 Å². The van der Waals surface area contributed by atoms with Gasteiger partial charge < -0.3 is 10.1 Å². The SMILES string of the molecule is CCC1OCCC1CNc1ccc(C#N)c(C)c1. The molecule has 1 aliphatic rings. The zero-order valence-electron chi connectivity index (χ0n) is 11.1. The number of nitriles is 1. The summed E-state index contributed by atoms with van der Waals surface area (Å²) in [5.74, 6) is 0.603. The van der Waals surface area contributed by atoms with Crippen LogP contribution in [0.3, 0.4) is 0 Å². The van der Waals surface area contributed by atoms with Crippen LogP contribution in [-0.2, 0) is 4.74 Å². The number of ether oxygens (including phenoxy) is 1. The topological polar surface area (TPSA) is 45.0 Å². The van der Waals surface area contributed by atoms with E-state index < -0.39 is 0 Å². The van der Waals surface area contributed by atoms with E-state index in [4.69, 9.17) is 10.00 Å². The molecule has 2 unspecified atom stereocenters. The zero-order chi connectivity index (χ0) is 13.0. The molecule has 0 saturated carbocycles. The summed E-state index contributed by atoms with van der Waals surface area (Å²) < 4.78 is 5.68. The fourth-order valence-corrected chi connectivity index (χ4v) is 2.53. The molecule has 0 amide bonds. The number of nitrogens with zero attached hydrogens (tertiary/aromatic N) is 1. The zero-order valence-corrected chi connectivity index (χ0v) is 11.1. The highest BCUT2D eigenvalue weighted by Crippen LogP contribution is 2.24. The summed E-state index contributed by atoms with van der Waals surface area (Å²) in [5.41, 5.74) is 2.86. The molecule has 0 spiro atoms. The molecule has 1 heterocycles. The van der Waals surface area contributed by atoms with Crippen LogP contribution in [-0.4, -0.2) is 19.3 Å². The number of anilines is 1. The Balaban J connectivity index is 1.94. The van der Waals surface area contributed by atoms with Crippen LogP contribution in [0.2, 0.25) is 0 Å². The number of hydrogen-bond donors (Lipinski definition) is 1. The van der Waals surface area contributed by atoms with Crippen molar-refractivity contribution in [1.29, 1.82) is 5.26 Å². The summed E-state index contributed by atoms with van der Waals surface area (Å²) in [7, 11) is 0. The molecule has 0 aromatic heterocycles. The molecular formula is C15H20N2O. The molecule has 0 radical (unpaired) electrons. The third kappa shape index (κ3) is 2.83. The van der Waals surface area contributed by atoms with Crippen molar-refractivity contribution < 1.29 is 4.74 Å². The first-order valence-corrected chi connectivity index (χ1v) is 6.60. The van der Waals surface area contributed by atoms with Gasteiger partial charge in [0.15, 0.2) is 0 Å². The molecule has 1 aliphatic heterocycles. The van der Waals surface area contributed by atoms with E-state index in [-0.39, 0.29) is 0 Å². The van der Waals surface area contributed by atoms with Gasteiger partial charge in [-0.25, -0.2) is 0 Å². The molecule has 3 nitrogen and oxygen atoms in total. The molecule has 2 rings (SSSR count). The van der Waals surface area contributed by atoms with Crippen LogP contribution in [0.25, 0.3) is 0 Å². The number of benzene rings is 1. The van der Waals surface area contributed by atoms with Crippen molar-refractivity contribution in [2.45, 2.75) is 32.8 Å². The van der Waals surface area contributed by atoms with Crippen LogP contribution in [0, 0.1) is 24.2 Å². The van der Waals surface area contributed by atoms with E-state index in [0.717, 1.165) is 42.8 Å². The summed E-state index contributed by atoms with van der Waals surface area (Å²) >= 11 is 0. The molecule has 1 N–H and O–H groups in total. The van der Waals surface area contributed by atoms with Gasteiger partial charge in [-0.05, 0) is 43.5 Å². The van der Waals surface area contributed by atoms with Gasteiger partial charge in [-0.1, -0.05) is 6.92 Å². The van der Waals surface area contributed by atoms with E-state index in [1.807, 2.05) is 25.1 Å². The van der Waals surface area contributed by atoms with Gasteiger partial charge >= 0.3 is 0 Å². The van der Waals surface area contributed by atoms with Crippen LogP contribution in [0.4, 0.5) is 5.69 Å². The highest BCUT2D eigenvalue weighted by atomic mass is 16.5. The molecule has 2 atom stereocenters. The number of nitrogens with one attached hydrogen (secondary N) is 1. The third-order valence-corrected chi connectivity index (χ3v) is 3.66. The van der Waals surface area contributed by atoms with Crippen molar-refractivity contribution >= 4 is 5.69 Å². The molecule has 0 aliphatic carbocycles. The minimum absolute atomic E-state index is 0.400. The summed E-state index contributed by atoms with van der Waals surface area (Å²) in [4.78, 5) is 0. The highest BCUT2D eigenvalue weighted by Gasteiger charge is 2.26. The molecule has 3 heteroatoms. The fraction of sp³-hybridized carbons (Fsp3) is 0.533. The predicted octanol–water partition coefficient (Wildman–Crippen LogP) is 3.09. The first kappa shape index (κ1) is 12.9. The van der Waals surface area contributed by atoms with Crippen molar-refractivity contribution in [1.82, 2.24) is 0 Å². The number of rotatable bonds is 4. The maximum absolute atomic E-state index is 8.89. The summed E-state index contributed by atoms with van der Waals surface area (Å²) in [6.45, 7) is 5.98. The van der Waals surface area contributed by atoms with Crippen molar-refractivity contribution in [3.8, 4) is 6.07 Å². The Bertz CT molecular complexity index is 450. The van der Waals surface area contributed by atoms with Crippen molar-refractivity contribution in [3.05, 3.63) is 29.3 Å². The minimum Gasteiger partial charge on any atom is -0.385 e. The second-order valence-electron chi connectivity index (χ2n) is 4.89. The van der Waals surface area contributed by atoms with Crippen LogP contribution in [0.5, 0.6) is 0 Å². The Morgan fingerprint density at radius 3 is 3.00 bits per heavy atom. The maximum atomic E-state index is 8.89. The standard InChI is InChI=1S/C15H20N2O/c1-3-15-13(6-7-18-15)10-17-14-5-4-12(9-16)11(2)8-14/h4-5,8,13,15,17H,3,6-7,10H2,1-2H3. The summed E-state index contributed by atoms with van der Waals surface area (Å²) in [6.07, 6.45) is 2.62. The molecule has 1 saturated heterocycles. The molecule has 1 fully saturated rings. The first-order chi connectivity index (χ1) is 8.74. The largest absolute Gasteiger partial charge is 0.385 e. The molecule has 0 bridgehead atoms. The average Bonchev–Trinajstić information content (AvgIpc) is 2.84. The fourth-order valence-electron chi connectivity index (χ4n) is 2.53. The predicted molar refractivity (Wildman–Crippen MR) is 72.5 cm³/mol. The molecular weight excluding hydrogens is 224 g/mol. The Morgan fingerprint density at radius 2 is 2.33 bits per heavy atom. The smallest absolute Gasteiger partial charge is 0.0994 e. The Kier molecular flexibility index (Phi) is 4.22. The maximum Gasteiger partial charge on any atom is 0.0994 e. The second kappa shape index (κ2) is 5.88. The number of aryl methyl sites for hydroxylation is 1. The molecule has 96 valence electrons. The van der Waals surface area contributed by atoms with Gasteiger partial charge in [0.25, 0.3) is 0 Å². The van der Waals surface area contributed by atoms with Gasteiger partial charge in [0.2, 0.25) is 0 Å². The first-order valence-electron chi connectivity index (χ1n) is 6.60. The van der Waals surface area contributed by atoms with E-state index in [1.165, 1.54) is 0 Å². The lowest BCUT2D eigenvalue weighted by Gasteiger charge is -2.18. The third-order valence-electron chi connectivity index (χ3n) is 3.66. The average molecular weight is 244 g/mol. The second-order valence-corrected chi connectivity index (χ2v) is 4.89. The van der Waals surface area contributed by atoms with Gasteiger partial charge in [-0.15, -0.1) is 0 Å². The minimum atomic E-state index is 0.400. The van der Waals surface area contributed by atoms with Crippen LogP contribution in [0.1, 0.15) is 30.9 Å². The van der Waals surface area contributed by atoms with Gasteiger partial charge in [-0.3, -0.25) is 0 Å². The van der Waals surface area contributed by atoms with E-state index in [9.17, 15) is 0 Å². The van der Waals surface area contributed by atoms with Crippen LogP contribution >= 0.6 is 0 Å². The van der Waals surface area contributed by atoms with Gasteiger partial charge in [-0.2, -0.15) is 5.26 Å². The van der Waals surface area contributed by atoms with Crippen molar-refractivity contribution in [2.24, 2.45) is 5.92 Å². The monoisotopic (exact) mass is 244 g/mol. The highest BCUT2D eigenvalue weighted by molar-refractivity contribution is 5.51. The normalized spacial score (nSPS) is 22.7. The Labute approximate surface area is 109 Å². The van der Waals surface area contributed by atoms with Crippen molar-refractivity contribution in [3.63, 3.8) is 0 Å². The summed E-state index contributed by atoms with van der Waals surface area (Å²) in [5, 5.41) is 12.3. The van der Waals surface area contributed by atoms with Gasteiger partial charge in [0.1, 0.15) is 0 Å². The van der Waals surface area contributed by atoms with Crippen LogP contribution in [0.15, 0.2) is 18.2 Å². The van der Waals surface area contributed by atoms with E-state index >= 15 is 0 Å².